The second-order valence-corrected chi connectivity index (χ2v) is 4.74. The molecule has 1 aliphatic rings. The van der Waals surface area contributed by atoms with Gasteiger partial charge in [0.25, 0.3) is 0 Å². The summed E-state index contributed by atoms with van der Waals surface area (Å²) in [6.45, 7) is 2.16. The van der Waals surface area contributed by atoms with Crippen LogP contribution < -0.4 is 4.90 Å². The Kier molecular flexibility index (Phi) is 3.48. The third-order valence-corrected chi connectivity index (χ3v) is 3.13. The van der Waals surface area contributed by atoms with Crippen molar-refractivity contribution in [3.63, 3.8) is 0 Å². The fourth-order valence-electron chi connectivity index (χ4n) is 2.06. The summed E-state index contributed by atoms with van der Waals surface area (Å²) in [5, 5.41) is 0.634. The molecule has 0 unspecified atom stereocenters. The molecule has 0 saturated heterocycles. The lowest BCUT2D eigenvalue weighted by Gasteiger charge is -2.17. The lowest BCUT2D eigenvalue weighted by molar-refractivity contribution is -0.118. The third-order valence-electron chi connectivity index (χ3n) is 2.89. The summed E-state index contributed by atoms with van der Waals surface area (Å²) >= 11 is 5.93. The van der Waals surface area contributed by atoms with E-state index in [0.717, 1.165) is 11.3 Å². The summed E-state index contributed by atoms with van der Waals surface area (Å²) in [6.07, 6.45) is 1.65. The average Bonchev–Trinajstić information content (AvgIpc) is 2.55. The zero-order valence-corrected chi connectivity index (χ0v) is 10.5. The Hall–Kier alpha value is -1.35. The maximum absolute atomic E-state index is 11.8. The first-order valence-electron chi connectivity index (χ1n) is 5.66. The molecule has 0 spiro atoms. The van der Waals surface area contributed by atoms with Gasteiger partial charge in [0.2, 0.25) is 5.91 Å². The molecule has 2 rings (SSSR count). The van der Waals surface area contributed by atoms with E-state index in [1.54, 1.807) is 17.9 Å². The van der Waals surface area contributed by atoms with Crippen molar-refractivity contribution in [1.82, 2.24) is 0 Å². The maximum Gasteiger partial charge on any atom is 0.231 e. The van der Waals surface area contributed by atoms with E-state index >= 15 is 0 Å². The molecule has 0 N–H and O–H groups in total. The van der Waals surface area contributed by atoms with Gasteiger partial charge in [-0.3, -0.25) is 4.79 Å². The molecule has 1 aromatic carbocycles. The minimum Gasteiger partial charge on any atom is -0.312 e. The van der Waals surface area contributed by atoms with Crippen molar-refractivity contribution in [2.75, 3.05) is 11.4 Å². The highest BCUT2D eigenvalue weighted by molar-refractivity contribution is 6.31. The number of rotatable bonds is 4. The molecule has 0 atom stereocenters. The van der Waals surface area contributed by atoms with E-state index < -0.39 is 0 Å². The topological polar surface area (TPSA) is 37.4 Å². The highest BCUT2D eigenvalue weighted by Gasteiger charge is 2.26. The predicted octanol–water partition coefficient (Wildman–Crippen LogP) is 2.60. The Morgan fingerprint density at radius 3 is 2.94 bits per heavy atom. The number of fused-ring (bicyclic) bond motifs is 1. The van der Waals surface area contributed by atoms with Crippen LogP contribution >= 0.6 is 11.6 Å². The normalized spacial score (nSPS) is 14.0. The predicted molar refractivity (Wildman–Crippen MR) is 67.4 cm³/mol. The maximum atomic E-state index is 11.8. The molecule has 4 heteroatoms. The fraction of sp³-hybridized carbons (Fsp3) is 0.385. The van der Waals surface area contributed by atoms with Gasteiger partial charge in [0.15, 0.2) is 0 Å². The van der Waals surface area contributed by atoms with Gasteiger partial charge in [-0.2, -0.15) is 0 Å². The first kappa shape index (κ1) is 12.1. The van der Waals surface area contributed by atoms with E-state index in [-0.39, 0.29) is 11.7 Å². The minimum atomic E-state index is 0.0887. The van der Waals surface area contributed by atoms with Crippen LogP contribution in [0.15, 0.2) is 18.2 Å². The second kappa shape index (κ2) is 4.88. The van der Waals surface area contributed by atoms with Crippen molar-refractivity contribution < 1.29 is 9.59 Å². The molecule has 17 heavy (non-hydrogen) atoms. The van der Waals surface area contributed by atoms with Crippen molar-refractivity contribution in [2.45, 2.75) is 26.2 Å². The molecule has 1 heterocycles. The van der Waals surface area contributed by atoms with E-state index in [2.05, 4.69) is 0 Å². The molecule has 3 nitrogen and oxygen atoms in total. The Balaban J connectivity index is 2.11. The standard InChI is InChI=1S/C13H14ClNO2/c1-9(16)3-2-6-15-12-8-11(14)5-4-10(12)7-13(15)17/h4-5,8H,2-3,6-7H2,1H3. The smallest absolute Gasteiger partial charge is 0.231 e. The molecule has 0 saturated carbocycles. The number of Topliss-reactive ketones (excluding diaryl/α,β-unsaturated/α-hetero) is 1. The number of hydrogen-bond donors (Lipinski definition) is 0. The van der Waals surface area contributed by atoms with E-state index in [1.165, 1.54) is 0 Å². The van der Waals surface area contributed by atoms with Crippen LogP contribution in [0.3, 0.4) is 0 Å². The molecule has 0 bridgehead atoms. The van der Waals surface area contributed by atoms with E-state index in [9.17, 15) is 9.59 Å². The van der Waals surface area contributed by atoms with Gasteiger partial charge < -0.3 is 9.69 Å². The highest BCUT2D eigenvalue weighted by atomic mass is 35.5. The number of ketones is 1. The van der Waals surface area contributed by atoms with Crippen molar-refractivity contribution in [3.05, 3.63) is 28.8 Å². The number of carbonyl (C=O) groups is 2. The average molecular weight is 252 g/mol. The molecule has 1 amide bonds. The summed E-state index contributed by atoms with van der Waals surface area (Å²) in [6, 6.07) is 5.50. The van der Waals surface area contributed by atoms with Crippen molar-refractivity contribution >= 4 is 29.0 Å². The number of anilines is 1. The molecule has 0 aromatic heterocycles. The summed E-state index contributed by atoms with van der Waals surface area (Å²) in [7, 11) is 0. The second-order valence-electron chi connectivity index (χ2n) is 4.30. The highest BCUT2D eigenvalue weighted by Crippen LogP contribution is 2.31. The van der Waals surface area contributed by atoms with Crippen LogP contribution in [0.2, 0.25) is 5.02 Å². The molecular formula is C13H14ClNO2. The van der Waals surface area contributed by atoms with Gasteiger partial charge in [0.1, 0.15) is 5.78 Å². The van der Waals surface area contributed by atoms with E-state index in [0.29, 0.717) is 30.8 Å². The lowest BCUT2D eigenvalue weighted by atomic mass is 10.2. The van der Waals surface area contributed by atoms with Gasteiger partial charge in [0.05, 0.1) is 6.42 Å². The molecule has 0 fully saturated rings. The molecule has 1 aromatic rings. The lowest BCUT2D eigenvalue weighted by Crippen LogP contribution is -2.28. The van der Waals surface area contributed by atoms with Crippen LogP contribution in [0.5, 0.6) is 0 Å². The van der Waals surface area contributed by atoms with Gasteiger partial charge >= 0.3 is 0 Å². The number of amides is 1. The van der Waals surface area contributed by atoms with Crippen LogP contribution in [0.25, 0.3) is 0 Å². The Labute approximate surface area is 105 Å². The fourth-order valence-corrected chi connectivity index (χ4v) is 2.23. The molecular weight excluding hydrogens is 238 g/mol. The largest absolute Gasteiger partial charge is 0.312 e. The molecule has 90 valence electrons. The number of nitrogens with zero attached hydrogens (tertiary/aromatic N) is 1. The van der Waals surface area contributed by atoms with Crippen LogP contribution in [0.1, 0.15) is 25.3 Å². The number of halogens is 1. The first-order valence-corrected chi connectivity index (χ1v) is 6.04. The summed E-state index contributed by atoms with van der Waals surface area (Å²) in [5.74, 6) is 0.244. The number of benzene rings is 1. The van der Waals surface area contributed by atoms with Gasteiger partial charge in [-0.1, -0.05) is 17.7 Å². The molecule has 0 aliphatic carbocycles. The summed E-state index contributed by atoms with van der Waals surface area (Å²) in [4.78, 5) is 24.4. The van der Waals surface area contributed by atoms with E-state index in [4.69, 9.17) is 11.6 Å². The van der Waals surface area contributed by atoms with Crippen molar-refractivity contribution in [1.29, 1.82) is 0 Å². The van der Waals surface area contributed by atoms with Crippen LogP contribution in [0.4, 0.5) is 5.69 Å². The zero-order chi connectivity index (χ0) is 12.4. The quantitative estimate of drug-likeness (QED) is 0.825. The zero-order valence-electron chi connectivity index (χ0n) is 9.70. The molecule has 0 radical (unpaired) electrons. The molecule has 1 aliphatic heterocycles. The Bertz CT molecular complexity index is 470. The van der Waals surface area contributed by atoms with Gasteiger partial charge in [-0.25, -0.2) is 0 Å². The van der Waals surface area contributed by atoms with Crippen molar-refractivity contribution in [3.8, 4) is 0 Å². The summed E-state index contributed by atoms with van der Waals surface area (Å²) in [5.41, 5.74) is 1.91. The third kappa shape index (κ3) is 2.67. The Morgan fingerprint density at radius 1 is 1.47 bits per heavy atom. The number of hydrogen-bond acceptors (Lipinski definition) is 2. The van der Waals surface area contributed by atoms with Crippen LogP contribution in [-0.2, 0) is 16.0 Å². The van der Waals surface area contributed by atoms with Gasteiger partial charge in [-0.15, -0.1) is 0 Å². The number of carbonyl (C=O) groups excluding carboxylic acids is 2. The SMILES string of the molecule is CC(=O)CCCN1C(=O)Cc2ccc(Cl)cc21. The van der Waals surface area contributed by atoms with Crippen molar-refractivity contribution in [2.24, 2.45) is 0 Å². The van der Waals surface area contributed by atoms with E-state index in [1.807, 2.05) is 12.1 Å². The van der Waals surface area contributed by atoms with Crippen LogP contribution in [-0.4, -0.2) is 18.2 Å². The van der Waals surface area contributed by atoms with Gasteiger partial charge in [0, 0.05) is 23.7 Å². The first-order chi connectivity index (χ1) is 8.08. The monoisotopic (exact) mass is 251 g/mol. The summed E-state index contributed by atoms with van der Waals surface area (Å²) < 4.78 is 0. The van der Waals surface area contributed by atoms with Gasteiger partial charge in [-0.05, 0) is 31.0 Å². The minimum absolute atomic E-state index is 0.0887. The Morgan fingerprint density at radius 2 is 2.24 bits per heavy atom. The van der Waals surface area contributed by atoms with Crippen LogP contribution in [0, 0.1) is 0 Å².